The van der Waals surface area contributed by atoms with Crippen molar-refractivity contribution >= 4 is 34.1 Å². The summed E-state index contributed by atoms with van der Waals surface area (Å²) in [6.45, 7) is 0. The van der Waals surface area contributed by atoms with Gasteiger partial charge in [-0.25, -0.2) is 0 Å². The normalized spacial score (nSPS) is 10.4. The fraction of sp³-hybridized carbons (Fsp3) is 0.143. The van der Waals surface area contributed by atoms with Crippen LogP contribution < -0.4 is 5.32 Å². The smallest absolute Gasteiger partial charge is 0.228 e. The van der Waals surface area contributed by atoms with E-state index in [0.29, 0.717) is 18.6 Å². The summed E-state index contributed by atoms with van der Waals surface area (Å²) in [6.07, 6.45) is 0.821. The Morgan fingerprint density at radius 2 is 1.76 bits per heavy atom. The molecule has 0 spiro atoms. The molecule has 0 atom stereocenters. The molecular weight excluding hydrogens is 328 g/mol. The summed E-state index contributed by atoms with van der Waals surface area (Å²) in [4.78, 5) is 13.5. The van der Waals surface area contributed by atoms with E-state index in [1.54, 1.807) is 11.8 Å². The van der Waals surface area contributed by atoms with Crippen LogP contribution in [-0.2, 0) is 11.2 Å². The molecule has 3 rings (SSSR count). The van der Waals surface area contributed by atoms with E-state index in [0.717, 1.165) is 26.9 Å². The fourth-order valence-electron chi connectivity index (χ4n) is 2.72. The minimum absolute atomic E-state index is 0.0373. The Morgan fingerprint density at radius 1 is 1.00 bits per heavy atom. The van der Waals surface area contributed by atoms with Crippen molar-refractivity contribution in [2.24, 2.45) is 0 Å². The maximum Gasteiger partial charge on any atom is 0.228 e. The molecule has 1 amide bonds. The molecule has 0 unspecified atom stereocenters. The molecule has 3 aromatic carbocycles. The largest absolute Gasteiger partial charge is 0.325 e. The topological polar surface area (TPSA) is 52.9 Å². The quantitative estimate of drug-likeness (QED) is 0.503. The minimum Gasteiger partial charge on any atom is -0.325 e. The molecule has 3 aromatic rings. The molecule has 4 heteroatoms. The Labute approximate surface area is 151 Å². The highest BCUT2D eigenvalue weighted by molar-refractivity contribution is 7.99. The standard InChI is InChI=1S/C21H18N2OS/c22-13-6-14-25-20-12-4-3-11-19(20)23-21(24)15-17-9-5-8-16-7-1-2-10-18(16)17/h1-5,7-12H,6,14-15H2,(H,23,24). The Kier molecular flexibility index (Phi) is 5.71. The molecule has 0 aliphatic carbocycles. The van der Waals surface area contributed by atoms with Gasteiger partial charge in [0.2, 0.25) is 5.91 Å². The second kappa shape index (κ2) is 8.36. The number of anilines is 1. The highest BCUT2D eigenvalue weighted by Crippen LogP contribution is 2.28. The molecule has 0 saturated heterocycles. The second-order valence-corrected chi connectivity index (χ2v) is 6.75. The van der Waals surface area contributed by atoms with Crippen LogP contribution in [0.4, 0.5) is 5.69 Å². The van der Waals surface area contributed by atoms with Gasteiger partial charge in [0, 0.05) is 17.1 Å². The van der Waals surface area contributed by atoms with Crippen molar-refractivity contribution in [3.8, 4) is 6.07 Å². The lowest BCUT2D eigenvalue weighted by atomic mass is 10.0. The van der Waals surface area contributed by atoms with Crippen molar-refractivity contribution in [1.29, 1.82) is 5.26 Å². The maximum absolute atomic E-state index is 12.5. The summed E-state index contributed by atoms with van der Waals surface area (Å²) in [5, 5.41) is 13.9. The van der Waals surface area contributed by atoms with Crippen molar-refractivity contribution in [2.75, 3.05) is 11.1 Å². The van der Waals surface area contributed by atoms with Gasteiger partial charge in [-0.15, -0.1) is 11.8 Å². The zero-order chi connectivity index (χ0) is 17.5. The van der Waals surface area contributed by atoms with Crippen LogP contribution in [-0.4, -0.2) is 11.7 Å². The third-order valence-electron chi connectivity index (χ3n) is 3.86. The van der Waals surface area contributed by atoms with Crippen LogP contribution in [0, 0.1) is 11.3 Å². The van der Waals surface area contributed by atoms with Gasteiger partial charge in [-0.3, -0.25) is 4.79 Å². The van der Waals surface area contributed by atoms with Gasteiger partial charge in [0.05, 0.1) is 18.2 Å². The third kappa shape index (κ3) is 4.40. The number of nitrogens with zero attached hydrogens (tertiary/aromatic N) is 1. The molecule has 0 fully saturated rings. The molecular formula is C21H18N2OS. The van der Waals surface area contributed by atoms with Crippen molar-refractivity contribution in [3.63, 3.8) is 0 Å². The summed E-state index contributed by atoms with van der Waals surface area (Å²) >= 11 is 1.59. The number of carbonyl (C=O) groups excluding carboxylic acids is 1. The summed E-state index contributed by atoms with van der Waals surface area (Å²) in [6, 6.07) is 24.0. The molecule has 0 bridgehead atoms. The number of fused-ring (bicyclic) bond motifs is 1. The molecule has 25 heavy (non-hydrogen) atoms. The van der Waals surface area contributed by atoms with Gasteiger partial charge < -0.3 is 5.32 Å². The first-order valence-corrected chi connectivity index (χ1v) is 9.12. The number of nitrogens with one attached hydrogen (secondary N) is 1. The molecule has 0 aliphatic rings. The van der Waals surface area contributed by atoms with E-state index in [-0.39, 0.29) is 5.91 Å². The highest BCUT2D eigenvalue weighted by Gasteiger charge is 2.10. The van der Waals surface area contributed by atoms with Crippen LogP contribution in [0.25, 0.3) is 10.8 Å². The molecule has 3 nitrogen and oxygen atoms in total. The van der Waals surface area contributed by atoms with E-state index in [1.807, 2.05) is 54.6 Å². The van der Waals surface area contributed by atoms with E-state index in [1.165, 1.54) is 0 Å². The van der Waals surface area contributed by atoms with E-state index in [4.69, 9.17) is 5.26 Å². The predicted molar refractivity (Wildman–Crippen MR) is 104 cm³/mol. The number of hydrogen-bond donors (Lipinski definition) is 1. The van der Waals surface area contributed by atoms with Gasteiger partial charge in [-0.1, -0.05) is 54.6 Å². The lowest BCUT2D eigenvalue weighted by Crippen LogP contribution is -2.15. The molecule has 0 heterocycles. The summed E-state index contributed by atoms with van der Waals surface area (Å²) in [5.74, 6) is 0.678. The SMILES string of the molecule is N#CCCSc1ccccc1NC(=O)Cc1cccc2ccccc12. The van der Waals surface area contributed by atoms with Crippen LogP contribution >= 0.6 is 11.8 Å². The minimum atomic E-state index is -0.0373. The zero-order valence-electron chi connectivity index (χ0n) is 13.7. The number of rotatable bonds is 6. The molecule has 0 radical (unpaired) electrons. The van der Waals surface area contributed by atoms with Gasteiger partial charge in [0.25, 0.3) is 0 Å². The fourth-order valence-corrected chi connectivity index (χ4v) is 3.58. The number of nitriles is 1. The maximum atomic E-state index is 12.5. The highest BCUT2D eigenvalue weighted by atomic mass is 32.2. The monoisotopic (exact) mass is 346 g/mol. The Bertz CT molecular complexity index is 925. The predicted octanol–water partition coefficient (Wildman–Crippen LogP) is 5.03. The summed E-state index contributed by atoms with van der Waals surface area (Å²) < 4.78 is 0. The Hall–Kier alpha value is -2.77. The van der Waals surface area contributed by atoms with Gasteiger partial charge >= 0.3 is 0 Å². The van der Waals surface area contributed by atoms with Gasteiger partial charge in [0.15, 0.2) is 0 Å². The molecule has 0 aromatic heterocycles. The zero-order valence-corrected chi connectivity index (χ0v) is 14.6. The first-order valence-electron chi connectivity index (χ1n) is 8.13. The average Bonchev–Trinajstić information content (AvgIpc) is 2.64. The van der Waals surface area contributed by atoms with Crippen molar-refractivity contribution in [3.05, 3.63) is 72.3 Å². The number of thioether (sulfide) groups is 1. The van der Waals surface area contributed by atoms with Crippen LogP contribution in [0.15, 0.2) is 71.6 Å². The third-order valence-corrected chi connectivity index (χ3v) is 4.94. The molecule has 124 valence electrons. The van der Waals surface area contributed by atoms with Gasteiger partial charge in [-0.2, -0.15) is 5.26 Å². The summed E-state index contributed by atoms with van der Waals surface area (Å²) in [7, 11) is 0. The van der Waals surface area contributed by atoms with Crippen LogP contribution in [0.1, 0.15) is 12.0 Å². The van der Waals surface area contributed by atoms with Gasteiger partial charge in [0.1, 0.15) is 0 Å². The van der Waals surface area contributed by atoms with Crippen molar-refractivity contribution in [1.82, 2.24) is 0 Å². The molecule has 0 aliphatic heterocycles. The number of para-hydroxylation sites is 1. The van der Waals surface area contributed by atoms with E-state index >= 15 is 0 Å². The van der Waals surface area contributed by atoms with E-state index in [9.17, 15) is 4.79 Å². The first kappa shape index (κ1) is 17.1. The number of benzene rings is 3. The number of carbonyl (C=O) groups is 1. The van der Waals surface area contributed by atoms with Crippen LogP contribution in [0.5, 0.6) is 0 Å². The van der Waals surface area contributed by atoms with Gasteiger partial charge in [-0.05, 0) is 28.5 Å². The van der Waals surface area contributed by atoms with Crippen LogP contribution in [0.2, 0.25) is 0 Å². The lowest BCUT2D eigenvalue weighted by molar-refractivity contribution is -0.115. The average molecular weight is 346 g/mol. The van der Waals surface area contributed by atoms with E-state index in [2.05, 4.69) is 23.5 Å². The summed E-state index contributed by atoms with van der Waals surface area (Å²) in [5.41, 5.74) is 1.82. The van der Waals surface area contributed by atoms with E-state index < -0.39 is 0 Å². The molecule has 1 N–H and O–H groups in total. The Balaban J connectivity index is 1.74. The molecule has 0 saturated carbocycles. The lowest BCUT2D eigenvalue weighted by Gasteiger charge is -2.11. The van der Waals surface area contributed by atoms with Crippen molar-refractivity contribution < 1.29 is 4.79 Å². The number of amides is 1. The first-order chi connectivity index (χ1) is 12.3. The Morgan fingerprint density at radius 3 is 2.64 bits per heavy atom. The number of hydrogen-bond acceptors (Lipinski definition) is 3. The second-order valence-electron chi connectivity index (χ2n) is 5.62. The van der Waals surface area contributed by atoms with Crippen LogP contribution in [0.3, 0.4) is 0 Å². The van der Waals surface area contributed by atoms with Crippen molar-refractivity contribution in [2.45, 2.75) is 17.7 Å².